The summed E-state index contributed by atoms with van der Waals surface area (Å²) in [7, 11) is 0. The number of morpholine rings is 1. The quantitative estimate of drug-likeness (QED) is 0.728. The van der Waals surface area contributed by atoms with E-state index in [0.29, 0.717) is 13.2 Å². The van der Waals surface area contributed by atoms with Crippen LogP contribution in [0.3, 0.4) is 0 Å². The maximum atomic E-state index is 5.78. The van der Waals surface area contributed by atoms with Gasteiger partial charge in [-0.2, -0.15) is 0 Å². The van der Waals surface area contributed by atoms with E-state index < -0.39 is 0 Å². The molecule has 0 radical (unpaired) electrons. The fourth-order valence-corrected chi connectivity index (χ4v) is 3.85. The molecule has 112 valence electrons. The monoisotopic (exact) mass is 312 g/mol. The van der Waals surface area contributed by atoms with Crippen molar-refractivity contribution in [1.29, 1.82) is 0 Å². The number of thiophene rings is 1. The van der Waals surface area contributed by atoms with Crippen LogP contribution in [0.4, 0.5) is 5.82 Å². The summed E-state index contributed by atoms with van der Waals surface area (Å²) >= 11 is 1.68. The SMILES string of the molecule is CC1(c2ccncc2)COCCN1c1ncnc2ccsc12. The van der Waals surface area contributed by atoms with Gasteiger partial charge in [0, 0.05) is 18.9 Å². The van der Waals surface area contributed by atoms with Gasteiger partial charge in [-0.15, -0.1) is 11.3 Å². The van der Waals surface area contributed by atoms with Crippen LogP contribution in [0.2, 0.25) is 0 Å². The number of anilines is 1. The summed E-state index contributed by atoms with van der Waals surface area (Å²) in [6, 6.07) is 6.14. The lowest BCUT2D eigenvalue weighted by Crippen LogP contribution is -2.53. The van der Waals surface area contributed by atoms with Crippen molar-refractivity contribution in [1.82, 2.24) is 15.0 Å². The minimum absolute atomic E-state index is 0.257. The van der Waals surface area contributed by atoms with E-state index in [4.69, 9.17) is 4.74 Å². The fraction of sp³-hybridized carbons (Fsp3) is 0.312. The Morgan fingerprint density at radius 1 is 1.23 bits per heavy atom. The van der Waals surface area contributed by atoms with Crippen molar-refractivity contribution in [2.45, 2.75) is 12.5 Å². The average Bonchev–Trinajstić information content (AvgIpc) is 3.05. The van der Waals surface area contributed by atoms with Gasteiger partial charge in [0.25, 0.3) is 0 Å². The van der Waals surface area contributed by atoms with Gasteiger partial charge in [-0.3, -0.25) is 4.98 Å². The highest BCUT2D eigenvalue weighted by atomic mass is 32.1. The second-order valence-electron chi connectivity index (χ2n) is 5.55. The summed E-state index contributed by atoms with van der Waals surface area (Å²) in [4.78, 5) is 15.4. The molecule has 1 aliphatic rings. The van der Waals surface area contributed by atoms with E-state index in [0.717, 1.165) is 22.6 Å². The molecule has 1 aliphatic heterocycles. The molecule has 1 atom stereocenters. The van der Waals surface area contributed by atoms with Crippen LogP contribution in [0.15, 0.2) is 42.3 Å². The van der Waals surface area contributed by atoms with E-state index >= 15 is 0 Å². The van der Waals surface area contributed by atoms with Crippen LogP contribution in [0, 0.1) is 0 Å². The molecule has 3 aromatic heterocycles. The Bertz CT molecular complexity index is 791. The molecule has 1 unspecified atom stereocenters. The van der Waals surface area contributed by atoms with E-state index in [2.05, 4.69) is 44.3 Å². The first-order valence-electron chi connectivity index (χ1n) is 7.23. The number of aromatic nitrogens is 3. The Hall–Kier alpha value is -2.05. The largest absolute Gasteiger partial charge is 0.377 e. The summed E-state index contributed by atoms with van der Waals surface area (Å²) < 4.78 is 6.91. The molecule has 5 nitrogen and oxygen atoms in total. The number of ether oxygens (including phenoxy) is 1. The predicted molar refractivity (Wildman–Crippen MR) is 87.2 cm³/mol. The van der Waals surface area contributed by atoms with E-state index in [1.807, 2.05) is 18.5 Å². The Morgan fingerprint density at radius 3 is 2.95 bits per heavy atom. The third-order valence-corrected chi connectivity index (χ3v) is 5.12. The third kappa shape index (κ3) is 2.07. The fourth-order valence-electron chi connectivity index (χ4n) is 3.01. The van der Waals surface area contributed by atoms with Crippen molar-refractivity contribution in [2.24, 2.45) is 0 Å². The average molecular weight is 312 g/mol. The molecular weight excluding hydrogens is 296 g/mol. The summed E-state index contributed by atoms with van der Waals surface area (Å²) in [6.45, 7) is 4.34. The Kier molecular flexibility index (Phi) is 3.28. The number of pyridine rings is 1. The van der Waals surface area contributed by atoms with Crippen molar-refractivity contribution >= 4 is 27.4 Å². The van der Waals surface area contributed by atoms with Crippen LogP contribution >= 0.6 is 11.3 Å². The molecule has 0 amide bonds. The molecule has 3 aromatic rings. The Balaban J connectivity index is 1.86. The van der Waals surface area contributed by atoms with Crippen LogP contribution in [-0.2, 0) is 10.3 Å². The zero-order chi connectivity index (χ0) is 15.0. The normalized spacial score (nSPS) is 22.1. The van der Waals surface area contributed by atoms with Gasteiger partial charge < -0.3 is 9.64 Å². The highest BCUT2D eigenvalue weighted by molar-refractivity contribution is 7.17. The Labute approximate surface area is 132 Å². The minimum atomic E-state index is -0.257. The molecule has 1 saturated heterocycles. The molecule has 0 N–H and O–H groups in total. The standard InChI is InChI=1S/C16H16N4OS/c1-16(12-2-5-17-6-3-12)10-21-8-7-20(16)15-14-13(4-9-22-14)18-11-19-15/h2-6,9,11H,7-8,10H2,1H3. The van der Waals surface area contributed by atoms with Gasteiger partial charge in [-0.25, -0.2) is 9.97 Å². The first-order chi connectivity index (χ1) is 10.8. The molecule has 4 heterocycles. The van der Waals surface area contributed by atoms with Crippen molar-refractivity contribution in [3.8, 4) is 0 Å². The van der Waals surface area contributed by atoms with Crippen molar-refractivity contribution < 1.29 is 4.74 Å². The van der Waals surface area contributed by atoms with Gasteiger partial charge in [-0.05, 0) is 36.1 Å². The zero-order valence-corrected chi connectivity index (χ0v) is 13.1. The van der Waals surface area contributed by atoms with Crippen LogP contribution in [0.25, 0.3) is 10.2 Å². The molecule has 22 heavy (non-hydrogen) atoms. The molecule has 1 fully saturated rings. The second kappa shape index (κ2) is 5.30. The summed E-state index contributed by atoms with van der Waals surface area (Å²) in [6.07, 6.45) is 5.30. The topological polar surface area (TPSA) is 51.1 Å². The van der Waals surface area contributed by atoms with Crippen molar-refractivity contribution in [2.75, 3.05) is 24.7 Å². The number of hydrogen-bond acceptors (Lipinski definition) is 6. The molecular formula is C16H16N4OS. The number of fused-ring (bicyclic) bond motifs is 1. The van der Waals surface area contributed by atoms with Gasteiger partial charge >= 0.3 is 0 Å². The lowest BCUT2D eigenvalue weighted by molar-refractivity contribution is 0.0555. The highest BCUT2D eigenvalue weighted by Gasteiger charge is 2.38. The first kappa shape index (κ1) is 13.6. The van der Waals surface area contributed by atoms with Crippen LogP contribution in [0.1, 0.15) is 12.5 Å². The van der Waals surface area contributed by atoms with E-state index in [9.17, 15) is 0 Å². The van der Waals surface area contributed by atoms with Gasteiger partial charge in [-0.1, -0.05) is 0 Å². The van der Waals surface area contributed by atoms with Crippen molar-refractivity contribution in [3.05, 3.63) is 47.9 Å². The van der Waals surface area contributed by atoms with Crippen molar-refractivity contribution in [3.63, 3.8) is 0 Å². The van der Waals surface area contributed by atoms with Crippen LogP contribution < -0.4 is 4.90 Å². The summed E-state index contributed by atoms with van der Waals surface area (Å²) in [5.74, 6) is 0.989. The van der Waals surface area contributed by atoms with Gasteiger partial charge in [0.05, 0.1) is 29.0 Å². The number of rotatable bonds is 2. The Morgan fingerprint density at radius 2 is 2.09 bits per heavy atom. The first-order valence-corrected chi connectivity index (χ1v) is 8.11. The van der Waals surface area contributed by atoms with Crippen LogP contribution in [-0.4, -0.2) is 34.7 Å². The van der Waals surface area contributed by atoms with Crippen LogP contribution in [0.5, 0.6) is 0 Å². The number of nitrogens with zero attached hydrogens (tertiary/aromatic N) is 4. The predicted octanol–water partition coefficient (Wildman–Crippen LogP) is 2.84. The summed E-state index contributed by atoms with van der Waals surface area (Å²) in [5.41, 5.74) is 1.93. The highest BCUT2D eigenvalue weighted by Crippen LogP contribution is 2.38. The lowest BCUT2D eigenvalue weighted by atomic mass is 9.90. The summed E-state index contributed by atoms with van der Waals surface area (Å²) in [5, 5.41) is 2.06. The zero-order valence-electron chi connectivity index (χ0n) is 12.3. The molecule has 0 spiro atoms. The second-order valence-corrected chi connectivity index (χ2v) is 6.46. The van der Waals surface area contributed by atoms with E-state index in [-0.39, 0.29) is 5.54 Å². The third-order valence-electron chi connectivity index (χ3n) is 4.22. The maximum Gasteiger partial charge on any atom is 0.150 e. The molecule has 0 aromatic carbocycles. The lowest BCUT2D eigenvalue weighted by Gasteiger charge is -2.45. The molecule has 4 rings (SSSR count). The molecule has 6 heteroatoms. The smallest absolute Gasteiger partial charge is 0.150 e. The maximum absolute atomic E-state index is 5.78. The van der Waals surface area contributed by atoms with Gasteiger partial charge in [0.15, 0.2) is 5.82 Å². The molecule has 0 aliphatic carbocycles. The molecule has 0 saturated carbocycles. The van der Waals surface area contributed by atoms with Gasteiger partial charge in [0.1, 0.15) is 6.33 Å². The molecule has 0 bridgehead atoms. The van der Waals surface area contributed by atoms with E-state index in [1.165, 1.54) is 5.56 Å². The number of hydrogen-bond donors (Lipinski definition) is 0. The van der Waals surface area contributed by atoms with E-state index in [1.54, 1.807) is 17.7 Å². The minimum Gasteiger partial charge on any atom is -0.377 e. The van der Waals surface area contributed by atoms with Gasteiger partial charge in [0.2, 0.25) is 0 Å².